The van der Waals surface area contributed by atoms with Crippen molar-refractivity contribution in [3.63, 3.8) is 0 Å². The van der Waals surface area contributed by atoms with Crippen LogP contribution in [-0.4, -0.2) is 32.8 Å². The minimum atomic E-state index is 0.609. The molecule has 1 saturated carbocycles. The number of nitrogens with zero attached hydrogens (tertiary/aromatic N) is 3. The van der Waals surface area contributed by atoms with Crippen molar-refractivity contribution in [1.82, 2.24) is 19.7 Å². The zero-order chi connectivity index (χ0) is 15.4. The van der Waals surface area contributed by atoms with Gasteiger partial charge in [-0.2, -0.15) is 4.98 Å². The first kappa shape index (κ1) is 15.2. The van der Waals surface area contributed by atoms with Crippen LogP contribution in [0, 0.1) is 4.77 Å². The highest BCUT2D eigenvalue weighted by molar-refractivity contribution is 7.71. The van der Waals surface area contributed by atoms with Crippen molar-refractivity contribution in [3.05, 3.63) is 46.5 Å². The molecule has 22 heavy (non-hydrogen) atoms. The van der Waals surface area contributed by atoms with Crippen molar-refractivity contribution < 1.29 is 0 Å². The molecular weight excluding hydrogens is 292 g/mol. The van der Waals surface area contributed by atoms with Gasteiger partial charge in [0.05, 0.1) is 6.67 Å². The van der Waals surface area contributed by atoms with E-state index in [1.165, 1.54) is 25.7 Å². The van der Waals surface area contributed by atoms with Crippen molar-refractivity contribution in [2.24, 2.45) is 0 Å². The summed E-state index contributed by atoms with van der Waals surface area (Å²) in [4.78, 5) is 6.78. The van der Waals surface area contributed by atoms with Crippen LogP contribution in [0.3, 0.4) is 0 Å². The number of H-pyrrole nitrogens is 1. The summed E-state index contributed by atoms with van der Waals surface area (Å²) in [6.45, 7) is 0.773. The lowest BCUT2D eigenvalue weighted by atomic mass is 10.2. The third-order valence-corrected chi connectivity index (χ3v) is 4.55. The van der Waals surface area contributed by atoms with E-state index < -0.39 is 0 Å². The predicted molar refractivity (Wildman–Crippen MR) is 92.8 cm³/mol. The largest absolute Gasteiger partial charge is 0.284 e. The summed E-state index contributed by atoms with van der Waals surface area (Å²) in [5.41, 5.74) is 1.15. The monoisotopic (exact) mass is 314 g/mol. The maximum Gasteiger partial charge on any atom is 0.217 e. The molecule has 2 aromatic rings. The van der Waals surface area contributed by atoms with Gasteiger partial charge in [-0.3, -0.25) is 10.00 Å². The van der Waals surface area contributed by atoms with E-state index in [-0.39, 0.29) is 0 Å². The van der Waals surface area contributed by atoms with Crippen molar-refractivity contribution in [1.29, 1.82) is 0 Å². The molecule has 0 amide bonds. The van der Waals surface area contributed by atoms with Gasteiger partial charge in [0.25, 0.3) is 0 Å². The fourth-order valence-corrected chi connectivity index (χ4v) is 3.17. The molecule has 1 aromatic heterocycles. The average Bonchev–Trinajstić information content (AvgIpc) is 3.17. The molecule has 3 rings (SSSR count). The first-order valence-corrected chi connectivity index (χ1v) is 8.23. The molecule has 4 nitrogen and oxygen atoms in total. The Balaban J connectivity index is 1.68. The Morgan fingerprint density at radius 2 is 2.00 bits per heavy atom. The molecule has 1 heterocycles. The van der Waals surface area contributed by atoms with E-state index in [4.69, 9.17) is 12.2 Å². The van der Waals surface area contributed by atoms with Crippen LogP contribution in [-0.2, 0) is 6.67 Å². The number of nitrogens with one attached hydrogen (secondary N) is 1. The predicted octanol–water partition coefficient (Wildman–Crippen LogP) is 3.94. The van der Waals surface area contributed by atoms with E-state index in [2.05, 4.69) is 34.2 Å². The molecule has 0 atom stereocenters. The molecule has 0 unspecified atom stereocenters. The van der Waals surface area contributed by atoms with Gasteiger partial charge in [-0.05, 0) is 43.7 Å². The molecule has 0 bridgehead atoms. The van der Waals surface area contributed by atoms with Crippen LogP contribution < -0.4 is 0 Å². The van der Waals surface area contributed by atoms with E-state index in [1.807, 2.05) is 35.0 Å². The minimum absolute atomic E-state index is 0.609. The normalized spacial score (nSPS) is 16.1. The molecule has 116 valence electrons. The fourth-order valence-electron chi connectivity index (χ4n) is 2.97. The van der Waals surface area contributed by atoms with Crippen LogP contribution in [0.1, 0.15) is 37.1 Å². The summed E-state index contributed by atoms with van der Waals surface area (Å²) in [7, 11) is 2.16. The summed E-state index contributed by atoms with van der Waals surface area (Å²) >= 11 is 5.36. The van der Waals surface area contributed by atoms with E-state index in [0.29, 0.717) is 10.8 Å². The molecule has 0 aliphatic heterocycles. The number of aromatic nitrogens is 3. The van der Waals surface area contributed by atoms with Crippen LogP contribution in [0.25, 0.3) is 12.2 Å². The molecule has 1 aliphatic carbocycles. The van der Waals surface area contributed by atoms with Gasteiger partial charge in [0.1, 0.15) is 5.82 Å². The third-order valence-electron chi connectivity index (χ3n) is 4.24. The second-order valence-corrected chi connectivity index (χ2v) is 6.27. The molecule has 1 aromatic carbocycles. The summed E-state index contributed by atoms with van der Waals surface area (Å²) in [6.07, 6.45) is 9.27. The smallest absolute Gasteiger partial charge is 0.217 e. The molecule has 5 heteroatoms. The summed E-state index contributed by atoms with van der Waals surface area (Å²) in [5.74, 6) is 0.800. The van der Waals surface area contributed by atoms with Crippen LogP contribution >= 0.6 is 12.2 Å². The van der Waals surface area contributed by atoms with Crippen LogP contribution in [0.2, 0.25) is 0 Å². The topological polar surface area (TPSA) is 36.9 Å². The molecule has 1 aliphatic rings. The van der Waals surface area contributed by atoms with Crippen molar-refractivity contribution in [2.75, 3.05) is 7.05 Å². The average molecular weight is 314 g/mol. The van der Waals surface area contributed by atoms with Crippen molar-refractivity contribution >= 4 is 24.4 Å². The van der Waals surface area contributed by atoms with E-state index in [1.54, 1.807) is 0 Å². The second-order valence-electron chi connectivity index (χ2n) is 5.90. The standard InChI is InChI=1S/C17H22N4S/c1-20(15-9-5-6-10-15)13-21-17(22)18-16(19-21)12-11-14-7-3-2-4-8-14/h2-4,7-8,11-12,15H,5-6,9-10,13H2,1H3,(H,18,19,22). The number of hydrogen-bond acceptors (Lipinski definition) is 3. The summed E-state index contributed by atoms with van der Waals surface area (Å²) < 4.78 is 2.55. The lowest BCUT2D eigenvalue weighted by Gasteiger charge is -2.23. The Labute approximate surface area is 136 Å². The molecule has 0 radical (unpaired) electrons. The van der Waals surface area contributed by atoms with Gasteiger partial charge in [-0.1, -0.05) is 49.2 Å². The summed E-state index contributed by atoms with van der Waals surface area (Å²) in [5, 5.41) is 3.28. The van der Waals surface area contributed by atoms with Gasteiger partial charge < -0.3 is 0 Å². The first-order chi connectivity index (χ1) is 10.7. The highest BCUT2D eigenvalue weighted by Gasteiger charge is 2.19. The highest BCUT2D eigenvalue weighted by Crippen LogP contribution is 2.22. The quantitative estimate of drug-likeness (QED) is 0.849. The zero-order valence-corrected chi connectivity index (χ0v) is 13.7. The zero-order valence-electron chi connectivity index (χ0n) is 12.9. The van der Waals surface area contributed by atoms with E-state index in [0.717, 1.165) is 18.1 Å². The summed E-state index contributed by atoms with van der Waals surface area (Å²) in [6, 6.07) is 10.9. The Kier molecular flexibility index (Phi) is 4.85. The van der Waals surface area contributed by atoms with Crippen LogP contribution in [0.15, 0.2) is 30.3 Å². The van der Waals surface area contributed by atoms with Gasteiger partial charge in [0.2, 0.25) is 4.77 Å². The van der Waals surface area contributed by atoms with Crippen molar-refractivity contribution in [2.45, 2.75) is 38.4 Å². The Hall–Kier alpha value is -1.72. The first-order valence-electron chi connectivity index (χ1n) is 7.82. The van der Waals surface area contributed by atoms with E-state index in [9.17, 15) is 0 Å². The highest BCUT2D eigenvalue weighted by atomic mass is 32.1. The molecule has 1 fully saturated rings. The molecular formula is C17H22N4S. The maximum atomic E-state index is 5.36. The number of aromatic amines is 1. The Morgan fingerprint density at radius 1 is 1.27 bits per heavy atom. The van der Waals surface area contributed by atoms with Gasteiger partial charge in [-0.25, -0.2) is 4.68 Å². The second kappa shape index (κ2) is 7.03. The van der Waals surface area contributed by atoms with Gasteiger partial charge >= 0.3 is 0 Å². The maximum absolute atomic E-state index is 5.36. The third kappa shape index (κ3) is 3.72. The van der Waals surface area contributed by atoms with Crippen molar-refractivity contribution in [3.8, 4) is 0 Å². The van der Waals surface area contributed by atoms with Crippen LogP contribution in [0.5, 0.6) is 0 Å². The number of hydrogen-bond donors (Lipinski definition) is 1. The lowest BCUT2D eigenvalue weighted by Crippen LogP contribution is -2.31. The lowest BCUT2D eigenvalue weighted by molar-refractivity contribution is 0.184. The Morgan fingerprint density at radius 3 is 2.73 bits per heavy atom. The minimum Gasteiger partial charge on any atom is -0.284 e. The van der Waals surface area contributed by atoms with Gasteiger partial charge in [0, 0.05) is 6.04 Å². The Bertz CT molecular complexity index is 680. The van der Waals surface area contributed by atoms with E-state index >= 15 is 0 Å². The van der Waals surface area contributed by atoms with Gasteiger partial charge in [-0.15, -0.1) is 0 Å². The number of rotatable bonds is 5. The molecule has 0 spiro atoms. The van der Waals surface area contributed by atoms with Crippen LogP contribution in [0.4, 0.5) is 0 Å². The molecule has 0 saturated heterocycles. The molecule has 1 N–H and O–H groups in total. The fraction of sp³-hybridized carbons (Fsp3) is 0.412. The van der Waals surface area contributed by atoms with Gasteiger partial charge in [0.15, 0.2) is 0 Å². The number of benzene rings is 1. The SMILES string of the molecule is CN(Cn1[nH]c(C=Cc2ccccc2)nc1=S)C1CCCC1.